The van der Waals surface area contributed by atoms with Crippen molar-refractivity contribution in [2.75, 3.05) is 0 Å². The smallest absolute Gasteiger partial charge is 0.0701 e. The molecule has 0 atom stereocenters. The Morgan fingerprint density at radius 1 is 0.333 bits per heavy atom. The van der Waals surface area contributed by atoms with Gasteiger partial charge < -0.3 is 9.13 Å². The fourth-order valence-electron chi connectivity index (χ4n) is 8.24. The molecule has 2 nitrogen and oxygen atoms in total. The molecule has 240 valence electrons. The molecule has 8 aromatic carbocycles. The molecule has 2 aromatic heterocycles. The van der Waals surface area contributed by atoms with Crippen LogP contribution in [0, 0.1) is 0 Å². The molecule has 0 aliphatic heterocycles. The predicted octanol–water partition coefficient (Wildman–Crippen LogP) is 12.3. The third kappa shape index (κ3) is 4.43. The second-order valence-electron chi connectivity index (χ2n) is 13.0. The molecule has 0 N–H and O–H groups in total. The van der Waals surface area contributed by atoms with E-state index >= 15 is 0 Å². The fourth-order valence-corrected chi connectivity index (χ4v) is 8.24. The van der Waals surface area contributed by atoms with Gasteiger partial charge in [0.05, 0.1) is 34.3 Å². The first-order valence-corrected chi connectivity index (χ1v) is 17.2. The number of hydrogen-bond acceptors (Lipinski definition) is 0. The molecule has 10 aromatic rings. The largest absolute Gasteiger partial charge is 0.309 e. The lowest BCUT2D eigenvalue weighted by atomic mass is 9.65. The van der Waals surface area contributed by atoms with Crippen LogP contribution in [0.25, 0.3) is 55.0 Å². The third-order valence-electron chi connectivity index (χ3n) is 10.4. The van der Waals surface area contributed by atoms with Crippen molar-refractivity contribution in [3.05, 3.63) is 228 Å². The summed E-state index contributed by atoms with van der Waals surface area (Å²) in [6, 6.07) is 59.6. The summed E-state index contributed by atoms with van der Waals surface area (Å²) in [6.45, 7) is 0. The molecule has 10 rings (SSSR count). The van der Waals surface area contributed by atoms with Gasteiger partial charge in [0, 0.05) is 32.9 Å². The van der Waals surface area contributed by atoms with E-state index in [4.69, 9.17) is 6.85 Å². The first-order valence-electron chi connectivity index (χ1n) is 19.7. The molecule has 2 heterocycles. The van der Waals surface area contributed by atoms with Crippen molar-refractivity contribution in [1.29, 1.82) is 0 Å². The molecule has 0 spiro atoms. The molecule has 0 saturated carbocycles. The van der Waals surface area contributed by atoms with Crippen LogP contribution in [-0.4, -0.2) is 9.13 Å². The van der Waals surface area contributed by atoms with E-state index in [1.165, 1.54) is 0 Å². The van der Waals surface area contributed by atoms with E-state index < -0.39 is 11.5 Å². The van der Waals surface area contributed by atoms with E-state index in [0.29, 0.717) is 0 Å². The molecule has 0 saturated heterocycles. The zero-order valence-corrected chi connectivity index (χ0v) is 27.6. The van der Waals surface area contributed by atoms with Crippen LogP contribution in [0.5, 0.6) is 0 Å². The minimum absolute atomic E-state index is 0.119. The first-order chi connectivity index (χ1) is 27.4. The van der Waals surface area contributed by atoms with E-state index in [1.807, 2.05) is 28.8 Å². The highest BCUT2D eigenvalue weighted by Crippen LogP contribution is 2.47. The Labute approximate surface area is 304 Å². The first kappa shape index (κ1) is 24.5. The summed E-state index contributed by atoms with van der Waals surface area (Å²) in [6.07, 6.45) is 0. The molecule has 0 amide bonds. The van der Waals surface area contributed by atoms with Crippen LogP contribution in [0.3, 0.4) is 0 Å². The SMILES string of the molecule is [2H]c1c([2H])c([2H])c(-n2c3ccc(-n4c5ccccc5c5ccccc54)cc3c3cc(C(c4ccccc4)(c4ccccc4)c4ccccc4)ccc32)c([2H])c1[2H]. The number of fused-ring (bicyclic) bond motifs is 6. The van der Waals surface area contributed by atoms with Crippen LogP contribution in [0.15, 0.2) is 206 Å². The standard InChI is InChI=1S/C49H34N2/c1-5-17-35(18-6-1)49(36-19-7-2-8-20-36,37-21-9-3-10-22-37)38-29-31-47-43(33-38)44-34-40(30-32-48(44)50(47)39-23-11-4-12-24-39)51-45-27-15-13-25-41(45)42-26-14-16-28-46(42)51/h1-34H/i4D,11D,12D,23D,24D. The molecule has 0 radical (unpaired) electrons. The average molecular weight is 656 g/mol. The van der Waals surface area contributed by atoms with Gasteiger partial charge >= 0.3 is 0 Å². The van der Waals surface area contributed by atoms with E-state index in [9.17, 15) is 0 Å². The highest BCUT2D eigenvalue weighted by atomic mass is 15.0. The van der Waals surface area contributed by atoms with Crippen molar-refractivity contribution in [1.82, 2.24) is 9.13 Å². The zero-order valence-electron chi connectivity index (χ0n) is 32.6. The maximum atomic E-state index is 9.08. The van der Waals surface area contributed by atoms with Gasteiger partial charge in [0.2, 0.25) is 0 Å². The van der Waals surface area contributed by atoms with Crippen LogP contribution in [-0.2, 0) is 5.41 Å². The topological polar surface area (TPSA) is 9.86 Å². The van der Waals surface area contributed by atoms with Crippen molar-refractivity contribution in [3.63, 3.8) is 0 Å². The predicted molar refractivity (Wildman–Crippen MR) is 213 cm³/mol. The summed E-state index contributed by atoms with van der Waals surface area (Å²) in [5.74, 6) is 0. The summed E-state index contributed by atoms with van der Waals surface area (Å²) >= 11 is 0. The zero-order chi connectivity index (χ0) is 38.1. The minimum Gasteiger partial charge on any atom is -0.309 e. The Morgan fingerprint density at radius 2 is 0.765 bits per heavy atom. The second kappa shape index (κ2) is 11.8. The summed E-state index contributed by atoms with van der Waals surface area (Å²) in [5.41, 5.74) is 8.37. The van der Waals surface area contributed by atoms with Crippen molar-refractivity contribution < 1.29 is 6.85 Å². The van der Waals surface area contributed by atoms with Gasteiger partial charge in [-0.3, -0.25) is 0 Å². The van der Waals surface area contributed by atoms with Crippen LogP contribution in [0.4, 0.5) is 0 Å². The minimum atomic E-state index is -0.715. The van der Waals surface area contributed by atoms with Crippen LogP contribution in [0.2, 0.25) is 0 Å². The molecule has 0 aliphatic carbocycles. The Morgan fingerprint density at radius 3 is 1.31 bits per heavy atom. The maximum absolute atomic E-state index is 9.08. The Kier molecular flexibility index (Phi) is 5.64. The van der Waals surface area contributed by atoms with Crippen LogP contribution in [0.1, 0.15) is 29.1 Å². The monoisotopic (exact) mass is 655 g/mol. The number of nitrogens with zero attached hydrogens (tertiary/aromatic N) is 2. The molecular formula is C49H34N2. The average Bonchev–Trinajstić information content (AvgIpc) is 3.76. The number of para-hydroxylation sites is 3. The number of benzene rings is 8. The van der Waals surface area contributed by atoms with Crippen molar-refractivity contribution in [3.8, 4) is 11.4 Å². The molecule has 0 fully saturated rings. The van der Waals surface area contributed by atoms with E-state index in [0.717, 1.165) is 71.6 Å². The Hall–Kier alpha value is -6.64. The van der Waals surface area contributed by atoms with Crippen molar-refractivity contribution in [2.45, 2.75) is 5.41 Å². The highest BCUT2D eigenvalue weighted by Gasteiger charge is 2.38. The van der Waals surface area contributed by atoms with Gasteiger partial charge in [-0.25, -0.2) is 0 Å². The Bertz CT molecular complexity index is 2950. The quantitative estimate of drug-likeness (QED) is 0.158. The lowest BCUT2D eigenvalue weighted by molar-refractivity contribution is 0.746. The molecular weight excluding hydrogens is 617 g/mol. The summed E-state index contributed by atoms with van der Waals surface area (Å²) < 4.78 is 47.9. The van der Waals surface area contributed by atoms with Gasteiger partial charge in [-0.05, 0) is 76.8 Å². The summed E-state index contributed by atoms with van der Waals surface area (Å²) in [7, 11) is 0. The maximum Gasteiger partial charge on any atom is 0.0701 e. The number of aromatic nitrogens is 2. The fraction of sp³-hybridized carbons (Fsp3) is 0.0204. The van der Waals surface area contributed by atoms with Gasteiger partial charge in [0.15, 0.2) is 0 Å². The molecule has 51 heavy (non-hydrogen) atoms. The number of hydrogen-bond donors (Lipinski definition) is 0. The van der Waals surface area contributed by atoms with Gasteiger partial charge in [0.1, 0.15) is 0 Å². The van der Waals surface area contributed by atoms with Gasteiger partial charge in [0.25, 0.3) is 0 Å². The van der Waals surface area contributed by atoms with Crippen LogP contribution >= 0.6 is 0 Å². The highest BCUT2D eigenvalue weighted by molar-refractivity contribution is 6.12. The van der Waals surface area contributed by atoms with E-state index in [1.54, 1.807) is 0 Å². The van der Waals surface area contributed by atoms with E-state index in [2.05, 4.69) is 156 Å². The molecule has 0 bridgehead atoms. The lowest BCUT2D eigenvalue weighted by Gasteiger charge is -2.37. The Balaban J connectivity index is 1.36. The van der Waals surface area contributed by atoms with Gasteiger partial charge in [-0.1, -0.05) is 152 Å². The third-order valence-corrected chi connectivity index (χ3v) is 10.4. The lowest BCUT2D eigenvalue weighted by Crippen LogP contribution is -2.30. The second-order valence-corrected chi connectivity index (χ2v) is 13.0. The summed E-state index contributed by atoms with van der Waals surface area (Å²) in [5, 5.41) is 4.12. The van der Waals surface area contributed by atoms with Crippen LogP contribution < -0.4 is 0 Å². The van der Waals surface area contributed by atoms with E-state index in [-0.39, 0.29) is 29.9 Å². The van der Waals surface area contributed by atoms with Gasteiger partial charge in [-0.2, -0.15) is 0 Å². The number of rotatable bonds is 6. The molecule has 2 heteroatoms. The normalized spacial score (nSPS) is 13.3. The van der Waals surface area contributed by atoms with Gasteiger partial charge in [-0.15, -0.1) is 0 Å². The molecule has 0 aliphatic rings. The molecule has 0 unspecified atom stereocenters. The van der Waals surface area contributed by atoms with Crippen molar-refractivity contribution in [2.24, 2.45) is 0 Å². The summed E-state index contributed by atoms with van der Waals surface area (Å²) in [4.78, 5) is 0. The van der Waals surface area contributed by atoms with Crippen molar-refractivity contribution >= 4 is 43.6 Å².